The van der Waals surface area contributed by atoms with Crippen molar-refractivity contribution in [1.82, 2.24) is 4.98 Å². The lowest BCUT2D eigenvalue weighted by molar-refractivity contribution is 0.0985. The maximum Gasteiger partial charge on any atom is 0.220 e. The summed E-state index contributed by atoms with van der Waals surface area (Å²) < 4.78 is 0.490. The van der Waals surface area contributed by atoms with E-state index >= 15 is 0 Å². The molecule has 0 unspecified atom stereocenters. The van der Waals surface area contributed by atoms with Crippen molar-refractivity contribution in [2.45, 2.75) is 6.92 Å². The van der Waals surface area contributed by atoms with E-state index in [1.807, 2.05) is 6.92 Å². The van der Waals surface area contributed by atoms with Crippen LogP contribution in [0.4, 0.5) is 0 Å². The fourth-order valence-corrected chi connectivity index (χ4v) is 2.11. The first-order chi connectivity index (χ1) is 7.02. The number of hydrogen-bond donors (Lipinski definition) is 0. The van der Waals surface area contributed by atoms with Gasteiger partial charge in [-0.25, -0.2) is 0 Å². The predicted molar refractivity (Wildman–Crippen MR) is 62.5 cm³/mol. The number of aryl methyl sites for hydroxylation is 1. The summed E-state index contributed by atoms with van der Waals surface area (Å²) in [6.07, 6.45) is 1.57. The summed E-state index contributed by atoms with van der Waals surface area (Å²) in [5.41, 5.74) is 1.42. The third kappa shape index (κ3) is 1.59. The number of rotatable bonds is 0. The Labute approximate surface area is 103 Å². The Bertz CT molecular complexity index is 520. The van der Waals surface area contributed by atoms with Crippen LogP contribution in [0.1, 0.15) is 26.4 Å². The molecule has 76 valence electrons. The summed E-state index contributed by atoms with van der Waals surface area (Å²) in [7, 11) is 0. The molecule has 0 aromatic carbocycles. The molecule has 1 aromatic rings. The lowest BCUT2D eigenvalue weighted by Gasteiger charge is -2.13. The number of aromatic nitrogens is 1. The number of carbonyl (C=O) groups excluding carboxylic acids is 2. The summed E-state index contributed by atoms with van der Waals surface area (Å²) in [5.74, 6) is -0.482. The van der Waals surface area contributed by atoms with Crippen molar-refractivity contribution >= 4 is 43.4 Å². The average Bonchev–Trinajstić information content (AvgIpc) is 2.23. The molecule has 5 heteroatoms. The van der Waals surface area contributed by atoms with Crippen molar-refractivity contribution in [3.8, 4) is 0 Å². The van der Waals surface area contributed by atoms with Gasteiger partial charge in [-0.3, -0.25) is 14.6 Å². The van der Waals surface area contributed by atoms with E-state index in [2.05, 4.69) is 36.8 Å². The topological polar surface area (TPSA) is 47.0 Å². The Morgan fingerprint density at radius 1 is 1.13 bits per heavy atom. The zero-order valence-corrected chi connectivity index (χ0v) is 10.8. The predicted octanol–water partition coefficient (Wildman–Crippen LogP) is 2.77. The van der Waals surface area contributed by atoms with Crippen LogP contribution in [0.5, 0.6) is 0 Å². The molecule has 0 fully saturated rings. The van der Waals surface area contributed by atoms with Crippen LogP contribution in [-0.2, 0) is 0 Å². The molecule has 0 bridgehead atoms. The molecule has 1 heterocycles. The SMILES string of the molecule is Cc1cnc2c(c1)C(=O)C(Br)=C(Br)C2=O. The number of fused-ring (bicyclic) bond motifs is 1. The molecule has 0 atom stereocenters. The second kappa shape index (κ2) is 3.64. The molecule has 0 saturated carbocycles. The zero-order valence-electron chi connectivity index (χ0n) is 7.67. The summed E-state index contributed by atoms with van der Waals surface area (Å²) in [6.45, 7) is 1.83. The number of nitrogens with zero attached hydrogens (tertiary/aromatic N) is 1. The largest absolute Gasteiger partial charge is 0.288 e. The van der Waals surface area contributed by atoms with Gasteiger partial charge in [0.2, 0.25) is 11.6 Å². The van der Waals surface area contributed by atoms with Gasteiger partial charge in [0.15, 0.2) is 0 Å². The van der Waals surface area contributed by atoms with E-state index in [4.69, 9.17) is 0 Å². The molecule has 1 aliphatic rings. The van der Waals surface area contributed by atoms with Gasteiger partial charge < -0.3 is 0 Å². The van der Waals surface area contributed by atoms with E-state index in [0.717, 1.165) is 5.56 Å². The highest BCUT2D eigenvalue weighted by Crippen LogP contribution is 2.31. The zero-order chi connectivity index (χ0) is 11.2. The molecule has 0 spiro atoms. The number of carbonyl (C=O) groups is 2. The van der Waals surface area contributed by atoms with E-state index in [9.17, 15) is 9.59 Å². The first-order valence-electron chi connectivity index (χ1n) is 4.13. The van der Waals surface area contributed by atoms with Crippen LogP contribution >= 0.6 is 31.9 Å². The van der Waals surface area contributed by atoms with Crippen LogP contribution in [0, 0.1) is 6.92 Å². The van der Waals surface area contributed by atoms with Gasteiger partial charge in [-0.1, -0.05) is 0 Å². The molecule has 1 aromatic heterocycles. The van der Waals surface area contributed by atoms with E-state index in [0.29, 0.717) is 5.56 Å². The third-order valence-electron chi connectivity index (χ3n) is 2.08. The molecule has 2 rings (SSSR count). The molecule has 0 aliphatic heterocycles. The van der Waals surface area contributed by atoms with Gasteiger partial charge in [0.25, 0.3) is 0 Å². The van der Waals surface area contributed by atoms with Crippen molar-refractivity contribution in [2.75, 3.05) is 0 Å². The second-order valence-electron chi connectivity index (χ2n) is 3.20. The fraction of sp³-hybridized carbons (Fsp3) is 0.100. The molecule has 0 N–H and O–H groups in total. The third-order valence-corrected chi connectivity index (χ3v) is 4.12. The van der Waals surface area contributed by atoms with Crippen LogP contribution in [-0.4, -0.2) is 16.6 Å². The van der Waals surface area contributed by atoms with Crippen LogP contribution < -0.4 is 0 Å². The smallest absolute Gasteiger partial charge is 0.220 e. The molecule has 0 saturated heterocycles. The Morgan fingerprint density at radius 2 is 1.73 bits per heavy atom. The number of halogens is 2. The van der Waals surface area contributed by atoms with Crippen LogP contribution in [0.3, 0.4) is 0 Å². The van der Waals surface area contributed by atoms with Crippen molar-refractivity contribution in [1.29, 1.82) is 0 Å². The highest BCUT2D eigenvalue weighted by atomic mass is 79.9. The Morgan fingerprint density at radius 3 is 2.40 bits per heavy atom. The van der Waals surface area contributed by atoms with Crippen molar-refractivity contribution in [3.05, 3.63) is 38.0 Å². The minimum absolute atomic E-state index is 0.209. The Balaban J connectivity index is 2.73. The van der Waals surface area contributed by atoms with Crippen LogP contribution in [0.25, 0.3) is 0 Å². The minimum Gasteiger partial charge on any atom is -0.288 e. The molecular formula is C10H5Br2NO2. The van der Waals surface area contributed by atoms with Crippen molar-refractivity contribution in [3.63, 3.8) is 0 Å². The fourth-order valence-electron chi connectivity index (χ4n) is 1.34. The summed E-state index contributed by atoms with van der Waals surface area (Å²) in [6, 6.07) is 1.67. The lowest BCUT2D eigenvalue weighted by Crippen LogP contribution is -2.19. The maximum atomic E-state index is 11.8. The second-order valence-corrected chi connectivity index (χ2v) is 4.78. The summed E-state index contributed by atoms with van der Waals surface area (Å²) >= 11 is 6.16. The maximum absolute atomic E-state index is 11.8. The Kier molecular flexibility index (Phi) is 2.60. The normalized spacial score (nSPS) is 15.7. The Hall–Kier alpha value is -0.810. The van der Waals surface area contributed by atoms with E-state index < -0.39 is 0 Å². The highest BCUT2D eigenvalue weighted by molar-refractivity contribution is 9.14. The van der Waals surface area contributed by atoms with E-state index in [-0.39, 0.29) is 26.2 Å². The van der Waals surface area contributed by atoms with Gasteiger partial charge in [-0.2, -0.15) is 0 Å². The molecule has 15 heavy (non-hydrogen) atoms. The molecule has 0 amide bonds. The number of pyridine rings is 1. The van der Waals surface area contributed by atoms with Gasteiger partial charge in [-0.05, 0) is 50.4 Å². The molecular weight excluding hydrogens is 326 g/mol. The number of ketones is 2. The molecule has 1 aliphatic carbocycles. The molecule has 3 nitrogen and oxygen atoms in total. The van der Waals surface area contributed by atoms with E-state index in [1.54, 1.807) is 12.3 Å². The number of Topliss-reactive ketones (excluding diaryl/α,β-unsaturated/α-hetero) is 2. The van der Waals surface area contributed by atoms with Gasteiger partial charge in [0.05, 0.1) is 14.5 Å². The number of hydrogen-bond acceptors (Lipinski definition) is 3. The minimum atomic E-state index is -0.267. The molecule has 0 radical (unpaired) electrons. The van der Waals surface area contributed by atoms with Crippen molar-refractivity contribution < 1.29 is 9.59 Å². The van der Waals surface area contributed by atoms with Crippen LogP contribution in [0.15, 0.2) is 21.2 Å². The summed E-state index contributed by atoms with van der Waals surface area (Å²) in [4.78, 5) is 27.5. The monoisotopic (exact) mass is 329 g/mol. The lowest BCUT2D eigenvalue weighted by atomic mass is 9.99. The standard InChI is InChI=1S/C10H5Br2NO2/c1-4-2-5-8(13-3-4)10(15)7(12)6(11)9(5)14/h2-3H,1H3. The van der Waals surface area contributed by atoms with Gasteiger partial charge in [-0.15, -0.1) is 0 Å². The first kappa shape index (κ1) is 10.7. The highest BCUT2D eigenvalue weighted by Gasteiger charge is 2.30. The van der Waals surface area contributed by atoms with E-state index in [1.165, 1.54) is 0 Å². The number of allylic oxidation sites excluding steroid dienone is 2. The average molecular weight is 331 g/mol. The van der Waals surface area contributed by atoms with Crippen LogP contribution in [0.2, 0.25) is 0 Å². The van der Waals surface area contributed by atoms with Crippen molar-refractivity contribution in [2.24, 2.45) is 0 Å². The van der Waals surface area contributed by atoms with Gasteiger partial charge in [0, 0.05) is 6.20 Å². The van der Waals surface area contributed by atoms with Gasteiger partial charge >= 0.3 is 0 Å². The quantitative estimate of drug-likeness (QED) is 0.735. The van der Waals surface area contributed by atoms with Gasteiger partial charge in [0.1, 0.15) is 5.69 Å². The first-order valence-corrected chi connectivity index (χ1v) is 5.72. The summed E-state index contributed by atoms with van der Waals surface area (Å²) in [5, 5.41) is 0.